The first kappa shape index (κ1) is 22.6. The van der Waals surface area contributed by atoms with Gasteiger partial charge >= 0.3 is 0 Å². The Morgan fingerprint density at radius 1 is 0.400 bits per heavy atom. The summed E-state index contributed by atoms with van der Waals surface area (Å²) < 4.78 is 0. The molecule has 0 aliphatic rings. The summed E-state index contributed by atoms with van der Waals surface area (Å²) in [5.41, 5.74) is 6.78. The fraction of sp³-hybridized carbons (Fsp3) is 0. The van der Waals surface area contributed by atoms with Gasteiger partial charge in [-0.05, 0) is 45.3 Å². The van der Waals surface area contributed by atoms with Crippen molar-refractivity contribution in [2.24, 2.45) is 0 Å². The second kappa shape index (κ2) is 9.11. The lowest BCUT2D eigenvalue weighted by Gasteiger charge is -2.13. The molecule has 8 aromatic rings. The maximum absolute atomic E-state index is 5.20. The van der Waals surface area contributed by atoms with Crippen LogP contribution in [0, 0.1) is 0 Å². The molecule has 0 atom stereocenters. The molecule has 0 aliphatic heterocycles. The molecule has 0 fully saturated rings. The number of hydrogen-bond acceptors (Lipinski definition) is 3. The van der Waals surface area contributed by atoms with Crippen LogP contribution in [0.2, 0.25) is 0 Å². The van der Waals surface area contributed by atoms with Crippen molar-refractivity contribution in [1.29, 1.82) is 0 Å². The topological polar surface area (TPSA) is 38.7 Å². The third-order valence-electron chi connectivity index (χ3n) is 7.66. The van der Waals surface area contributed by atoms with Gasteiger partial charge in [0.05, 0.1) is 16.7 Å². The van der Waals surface area contributed by atoms with E-state index in [4.69, 9.17) is 15.0 Å². The zero-order valence-electron chi connectivity index (χ0n) is 21.6. The lowest BCUT2D eigenvalue weighted by Crippen LogP contribution is -1.98. The Balaban J connectivity index is 1.44. The first-order valence-corrected chi connectivity index (χ1v) is 13.5. The van der Waals surface area contributed by atoms with E-state index in [-0.39, 0.29) is 0 Å². The van der Waals surface area contributed by atoms with Gasteiger partial charge in [0.15, 0.2) is 5.82 Å². The molecule has 0 amide bonds. The van der Waals surface area contributed by atoms with E-state index in [0.717, 1.165) is 49.9 Å². The number of rotatable bonds is 3. The molecular formula is C37H23N3. The predicted octanol–water partition coefficient (Wildman–Crippen LogP) is 9.49. The van der Waals surface area contributed by atoms with E-state index in [2.05, 4.69) is 109 Å². The molecule has 0 unspecified atom stereocenters. The maximum Gasteiger partial charge on any atom is 0.179 e. The summed E-state index contributed by atoms with van der Waals surface area (Å²) in [5, 5.41) is 7.01. The molecule has 2 heterocycles. The number of aromatic nitrogens is 3. The van der Waals surface area contributed by atoms with Gasteiger partial charge in [-0.2, -0.15) is 0 Å². The molecule has 3 nitrogen and oxygen atoms in total. The van der Waals surface area contributed by atoms with Gasteiger partial charge in [-0.25, -0.2) is 15.0 Å². The summed E-state index contributed by atoms with van der Waals surface area (Å²) in [6.07, 6.45) is 0. The van der Waals surface area contributed by atoms with E-state index in [0.29, 0.717) is 5.82 Å². The molecule has 0 spiro atoms. The van der Waals surface area contributed by atoms with Crippen molar-refractivity contribution in [2.45, 2.75) is 0 Å². The standard InChI is InChI=1S/C37H23N3/c1-2-9-24(10-3-1)30-14-8-15-31-35(28-20-19-26-18-17-25-11-4-6-13-29(25)32(26)23-28)39-37(40-36(30)31)34-22-21-27-12-5-7-16-33(27)38-34/h1-23H. The average molecular weight is 510 g/mol. The Morgan fingerprint density at radius 3 is 2.00 bits per heavy atom. The van der Waals surface area contributed by atoms with Crippen LogP contribution >= 0.6 is 0 Å². The highest BCUT2D eigenvalue weighted by molar-refractivity contribution is 6.10. The van der Waals surface area contributed by atoms with Gasteiger partial charge in [-0.15, -0.1) is 0 Å². The van der Waals surface area contributed by atoms with Gasteiger partial charge in [0.1, 0.15) is 5.69 Å². The molecular weight excluding hydrogens is 486 g/mol. The Kier molecular flexibility index (Phi) is 5.14. The molecule has 0 saturated heterocycles. The summed E-state index contributed by atoms with van der Waals surface area (Å²) in [5.74, 6) is 0.620. The van der Waals surface area contributed by atoms with E-state index in [9.17, 15) is 0 Å². The molecule has 186 valence electrons. The van der Waals surface area contributed by atoms with Gasteiger partial charge in [-0.1, -0.05) is 121 Å². The number of fused-ring (bicyclic) bond motifs is 5. The Bertz CT molecular complexity index is 2220. The average Bonchev–Trinajstić information content (AvgIpc) is 3.04. The van der Waals surface area contributed by atoms with Crippen LogP contribution in [0.3, 0.4) is 0 Å². The van der Waals surface area contributed by atoms with Gasteiger partial charge < -0.3 is 0 Å². The van der Waals surface area contributed by atoms with Crippen molar-refractivity contribution in [3.05, 3.63) is 140 Å². The van der Waals surface area contributed by atoms with Crippen LogP contribution < -0.4 is 0 Å². The summed E-state index contributed by atoms with van der Waals surface area (Å²) in [6, 6.07) is 48.6. The fourth-order valence-corrected chi connectivity index (χ4v) is 5.68. The quantitative estimate of drug-likeness (QED) is 0.223. The summed E-state index contributed by atoms with van der Waals surface area (Å²) in [7, 11) is 0. The third-order valence-corrected chi connectivity index (χ3v) is 7.66. The van der Waals surface area contributed by atoms with Crippen molar-refractivity contribution < 1.29 is 0 Å². The predicted molar refractivity (Wildman–Crippen MR) is 166 cm³/mol. The molecule has 6 aromatic carbocycles. The van der Waals surface area contributed by atoms with Crippen LogP contribution in [0.4, 0.5) is 0 Å². The van der Waals surface area contributed by atoms with Gasteiger partial charge in [0.2, 0.25) is 0 Å². The summed E-state index contributed by atoms with van der Waals surface area (Å²) >= 11 is 0. The minimum absolute atomic E-state index is 0.620. The molecule has 8 rings (SSSR count). The van der Waals surface area contributed by atoms with Crippen molar-refractivity contribution >= 4 is 43.4 Å². The normalized spacial score (nSPS) is 11.5. The van der Waals surface area contributed by atoms with E-state index in [1.807, 2.05) is 30.3 Å². The zero-order chi connectivity index (χ0) is 26.5. The zero-order valence-corrected chi connectivity index (χ0v) is 21.6. The van der Waals surface area contributed by atoms with Gasteiger partial charge in [0.25, 0.3) is 0 Å². The lowest BCUT2D eigenvalue weighted by molar-refractivity contribution is 1.19. The van der Waals surface area contributed by atoms with Gasteiger partial charge in [0, 0.05) is 21.9 Å². The van der Waals surface area contributed by atoms with Crippen molar-refractivity contribution in [2.75, 3.05) is 0 Å². The highest BCUT2D eigenvalue weighted by Gasteiger charge is 2.16. The van der Waals surface area contributed by atoms with Crippen LogP contribution in [0.1, 0.15) is 0 Å². The largest absolute Gasteiger partial charge is 0.244 e. The van der Waals surface area contributed by atoms with Crippen molar-refractivity contribution in [3.63, 3.8) is 0 Å². The van der Waals surface area contributed by atoms with Crippen LogP contribution in [-0.4, -0.2) is 15.0 Å². The lowest BCUT2D eigenvalue weighted by atomic mass is 9.96. The molecule has 0 bridgehead atoms. The molecule has 3 heteroatoms. The minimum Gasteiger partial charge on any atom is -0.244 e. The smallest absolute Gasteiger partial charge is 0.179 e. The maximum atomic E-state index is 5.20. The van der Waals surface area contributed by atoms with Crippen LogP contribution in [0.25, 0.3) is 77.3 Å². The second-order valence-corrected chi connectivity index (χ2v) is 10.1. The van der Waals surface area contributed by atoms with Crippen LogP contribution in [0.5, 0.6) is 0 Å². The van der Waals surface area contributed by atoms with Crippen LogP contribution in [0.15, 0.2) is 140 Å². The number of nitrogens with zero attached hydrogens (tertiary/aromatic N) is 3. The first-order chi connectivity index (χ1) is 19.8. The van der Waals surface area contributed by atoms with Crippen molar-refractivity contribution in [3.8, 4) is 33.9 Å². The molecule has 0 N–H and O–H groups in total. The van der Waals surface area contributed by atoms with Crippen molar-refractivity contribution in [1.82, 2.24) is 15.0 Å². The number of benzene rings is 6. The fourth-order valence-electron chi connectivity index (χ4n) is 5.68. The second-order valence-electron chi connectivity index (χ2n) is 10.1. The van der Waals surface area contributed by atoms with E-state index in [1.165, 1.54) is 21.5 Å². The SMILES string of the molecule is c1ccc(-c2cccc3c(-c4ccc5ccc6ccccc6c5c4)nc(-c4ccc5ccccc5n4)nc23)cc1. The highest BCUT2D eigenvalue weighted by Crippen LogP contribution is 2.36. The van der Waals surface area contributed by atoms with E-state index in [1.54, 1.807) is 0 Å². The Hall–Kier alpha value is -5.41. The molecule has 40 heavy (non-hydrogen) atoms. The minimum atomic E-state index is 0.620. The van der Waals surface area contributed by atoms with Crippen LogP contribution in [-0.2, 0) is 0 Å². The Labute approximate surface area is 231 Å². The number of para-hydroxylation sites is 2. The third kappa shape index (κ3) is 3.71. The number of hydrogen-bond donors (Lipinski definition) is 0. The van der Waals surface area contributed by atoms with E-state index >= 15 is 0 Å². The summed E-state index contributed by atoms with van der Waals surface area (Å²) in [6.45, 7) is 0. The molecule has 0 saturated carbocycles. The Morgan fingerprint density at radius 2 is 1.10 bits per heavy atom. The summed E-state index contributed by atoms with van der Waals surface area (Å²) in [4.78, 5) is 15.3. The first-order valence-electron chi connectivity index (χ1n) is 13.5. The number of pyridine rings is 1. The van der Waals surface area contributed by atoms with E-state index < -0.39 is 0 Å². The highest BCUT2D eigenvalue weighted by atomic mass is 14.9. The molecule has 0 aliphatic carbocycles. The monoisotopic (exact) mass is 509 g/mol. The molecule has 2 aromatic heterocycles. The van der Waals surface area contributed by atoms with Gasteiger partial charge in [-0.3, -0.25) is 0 Å². The molecule has 0 radical (unpaired) electrons.